The molecule has 0 aromatic heterocycles. The predicted molar refractivity (Wildman–Crippen MR) is 117 cm³/mol. The molecule has 6 nitrogen and oxygen atoms in total. The Kier molecular flexibility index (Phi) is 8.62. The van der Waals surface area contributed by atoms with Crippen LogP contribution in [-0.4, -0.2) is 55.1 Å². The molecule has 162 valence electrons. The highest BCUT2D eigenvalue weighted by Crippen LogP contribution is 2.20. The molecular weight excluding hydrogens is 384 g/mol. The molecule has 0 amide bonds. The molecule has 2 aromatic rings. The van der Waals surface area contributed by atoms with Crippen LogP contribution in [-0.2, 0) is 12.8 Å². The van der Waals surface area contributed by atoms with Crippen LogP contribution in [0.5, 0.6) is 0 Å². The largest absolute Gasteiger partial charge is 0.509 e. The van der Waals surface area contributed by atoms with Gasteiger partial charge >= 0.3 is 0 Å². The SMILES string of the molecule is CCc1ccccc1C=C(O)[C@@H](O)[C@@H](O)[C@H](O)[C@@H](O)C(O)=Cc1ccccc1CC. The summed E-state index contributed by atoms with van der Waals surface area (Å²) in [5.74, 6) is -1.12. The Balaban J connectivity index is 2.17. The van der Waals surface area contributed by atoms with Crippen LogP contribution in [0.25, 0.3) is 12.2 Å². The van der Waals surface area contributed by atoms with Crippen molar-refractivity contribution in [3.05, 3.63) is 82.3 Å². The third kappa shape index (κ3) is 5.70. The van der Waals surface area contributed by atoms with Gasteiger partial charge in [0.1, 0.15) is 35.9 Å². The van der Waals surface area contributed by atoms with Crippen LogP contribution < -0.4 is 0 Å². The van der Waals surface area contributed by atoms with Crippen molar-refractivity contribution in [1.82, 2.24) is 0 Å². The van der Waals surface area contributed by atoms with Crippen molar-refractivity contribution in [3.63, 3.8) is 0 Å². The average Bonchev–Trinajstić information content (AvgIpc) is 2.77. The maximum absolute atomic E-state index is 10.2. The number of rotatable bonds is 9. The van der Waals surface area contributed by atoms with E-state index in [-0.39, 0.29) is 0 Å². The van der Waals surface area contributed by atoms with Gasteiger partial charge in [-0.3, -0.25) is 0 Å². The number of hydrogen-bond acceptors (Lipinski definition) is 6. The Bertz CT molecular complexity index is 815. The van der Waals surface area contributed by atoms with E-state index in [2.05, 4.69) is 0 Å². The minimum absolute atomic E-state index is 0.561. The summed E-state index contributed by atoms with van der Waals surface area (Å²) in [6, 6.07) is 14.5. The quantitative estimate of drug-likeness (QED) is 0.351. The van der Waals surface area contributed by atoms with Gasteiger partial charge in [-0.05, 0) is 47.2 Å². The first-order valence-corrected chi connectivity index (χ1v) is 9.99. The smallest absolute Gasteiger partial charge is 0.139 e. The van der Waals surface area contributed by atoms with Crippen LogP contribution in [0.1, 0.15) is 36.1 Å². The average molecular weight is 414 g/mol. The van der Waals surface area contributed by atoms with E-state index in [4.69, 9.17) is 0 Å². The van der Waals surface area contributed by atoms with E-state index >= 15 is 0 Å². The van der Waals surface area contributed by atoms with Crippen molar-refractivity contribution in [3.8, 4) is 0 Å². The molecule has 2 rings (SSSR count). The lowest BCUT2D eigenvalue weighted by Gasteiger charge is -2.26. The van der Waals surface area contributed by atoms with E-state index in [0.717, 1.165) is 11.1 Å². The minimum atomic E-state index is -1.93. The minimum Gasteiger partial charge on any atom is -0.509 e. The molecule has 6 heteroatoms. The van der Waals surface area contributed by atoms with E-state index in [1.54, 1.807) is 24.3 Å². The van der Waals surface area contributed by atoms with Crippen LogP contribution in [0.4, 0.5) is 0 Å². The number of aliphatic hydroxyl groups is 6. The van der Waals surface area contributed by atoms with Crippen molar-refractivity contribution in [2.24, 2.45) is 0 Å². The van der Waals surface area contributed by atoms with E-state index in [9.17, 15) is 30.6 Å². The van der Waals surface area contributed by atoms with Gasteiger partial charge in [-0.15, -0.1) is 0 Å². The molecule has 0 aliphatic rings. The zero-order valence-corrected chi connectivity index (χ0v) is 17.2. The molecule has 0 aliphatic heterocycles. The van der Waals surface area contributed by atoms with E-state index < -0.39 is 35.9 Å². The van der Waals surface area contributed by atoms with Crippen molar-refractivity contribution >= 4 is 12.2 Å². The summed E-state index contributed by atoms with van der Waals surface area (Å²) < 4.78 is 0. The summed E-state index contributed by atoms with van der Waals surface area (Å²) in [6.07, 6.45) is -3.54. The van der Waals surface area contributed by atoms with Gasteiger partial charge in [0.2, 0.25) is 0 Å². The molecule has 0 heterocycles. The van der Waals surface area contributed by atoms with Crippen LogP contribution in [0, 0.1) is 0 Å². The molecule has 0 radical (unpaired) electrons. The van der Waals surface area contributed by atoms with Crippen molar-refractivity contribution in [2.45, 2.75) is 51.1 Å². The lowest BCUT2D eigenvalue weighted by Crippen LogP contribution is -2.45. The maximum atomic E-state index is 10.2. The summed E-state index contributed by atoms with van der Waals surface area (Å²) in [7, 11) is 0. The molecule has 30 heavy (non-hydrogen) atoms. The number of aliphatic hydroxyl groups excluding tert-OH is 6. The monoisotopic (exact) mass is 414 g/mol. The molecular formula is C24H30O6. The van der Waals surface area contributed by atoms with Crippen molar-refractivity contribution in [1.29, 1.82) is 0 Å². The maximum Gasteiger partial charge on any atom is 0.139 e. The third-order valence-electron chi connectivity index (χ3n) is 5.08. The van der Waals surface area contributed by atoms with Gasteiger partial charge in [0, 0.05) is 0 Å². The normalized spacial score (nSPS) is 16.7. The molecule has 0 fully saturated rings. The molecule has 6 N–H and O–H groups in total. The molecule has 0 bridgehead atoms. The van der Waals surface area contributed by atoms with Gasteiger partial charge in [0.25, 0.3) is 0 Å². The van der Waals surface area contributed by atoms with Gasteiger partial charge in [-0.1, -0.05) is 62.4 Å². The Morgan fingerprint density at radius 1 is 0.667 bits per heavy atom. The Morgan fingerprint density at radius 3 is 1.33 bits per heavy atom. The number of aryl methyl sites for hydroxylation is 2. The fourth-order valence-electron chi connectivity index (χ4n) is 3.21. The van der Waals surface area contributed by atoms with Crippen molar-refractivity contribution in [2.75, 3.05) is 0 Å². The van der Waals surface area contributed by atoms with Gasteiger partial charge in [0.15, 0.2) is 0 Å². The fraction of sp³-hybridized carbons (Fsp3) is 0.333. The topological polar surface area (TPSA) is 121 Å². The van der Waals surface area contributed by atoms with Crippen LogP contribution >= 0.6 is 0 Å². The standard InChI is InChI=1S/C24H30O6/c1-3-15-9-5-7-11-17(15)13-19(25)21(27)23(29)24(30)22(28)20(26)14-18-12-8-6-10-16(18)4-2/h5-14,21-30H,3-4H2,1-2H3/t21-,22+,23-,24-/m1/s1. The first kappa shape index (κ1) is 23.6. The third-order valence-corrected chi connectivity index (χ3v) is 5.08. The first-order valence-electron chi connectivity index (χ1n) is 9.99. The highest BCUT2D eigenvalue weighted by Gasteiger charge is 2.34. The Morgan fingerprint density at radius 2 is 1.00 bits per heavy atom. The second kappa shape index (κ2) is 10.9. The molecule has 0 aliphatic carbocycles. The highest BCUT2D eigenvalue weighted by atomic mass is 16.4. The van der Waals surface area contributed by atoms with E-state index in [0.29, 0.717) is 24.0 Å². The summed E-state index contributed by atoms with van der Waals surface area (Å²) in [5.41, 5.74) is 3.19. The fourth-order valence-corrected chi connectivity index (χ4v) is 3.21. The second-order valence-electron chi connectivity index (χ2n) is 7.11. The predicted octanol–water partition coefficient (Wildman–Crippen LogP) is 2.75. The van der Waals surface area contributed by atoms with Crippen LogP contribution in [0.2, 0.25) is 0 Å². The Hall–Kier alpha value is -2.64. The number of hydrogen-bond donors (Lipinski definition) is 6. The zero-order valence-electron chi connectivity index (χ0n) is 17.2. The second-order valence-corrected chi connectivity index (χ2v) is 7.11. The van der Waals surface area contributed by atoms with Gasteiger partial charge in [-0.25, -0.2) is 0 Å². The molecule has 0 saturated carbocycles. The summed E-state index contributed by atoms with van der Waals surface area (Å²) in [4.78, 5) is 0. The van der Waals surface area contributed by atoms with Crippen LogP contribution in [0.3, 0.4) is 0 Å². The number of benzene rings is 2. The zero-order chi connectivity index (χ0) is 22.3. The molecule has 0 spiro atoms. The van der Waals surface area contributed by atoms with Gasteiger partial charge in [-0.2, -0.15) is 0 Å². The Labute approximate surface area is 176 Å². The molecule has 2 aromatic carbocycles. The van der Waals surface area contributed by atoms with Gasteiger partial charge in [0.05, 0.1) is 0 Å². The van der Waals surface area contributed by atoms with E-state index in [1.165, 1.54) is 12.2 Å². The first-order chi connectivity index (χ1) is 14.3. The lowest BCUT2D eigenvalue weighted by atomic mass is 9.97. The lowest BCUT2D eigenvalue weighted by molar-refractivity contribution is -0.0996. The summed E-state index contributed by atoms with van der Waals surface area (Å²) in [5, 5.41) is 61.4. The van der Waals surface area contributed by atoms with E-state index in [1.807, 2.05) is 38.1 Å². The summed E-state index contributed by atoms with van der Waals surface area (Å²) >= 11 is 0. The summed E-state index contributed by atoms with van der Waals surface area (Å²) in [6.45, 7) is 3.89. The van der Waals surface area contributed by atoms with Gasteiger partial charge < -0.3 is 30.6 Å². The van der Waals surface area contributed by atoms with Crippen LogP contribution in [0.15, 0.2) is 60.0 Å². The van der Waals surface area contributed by atoms with Crippen molar-refractivity contribution < 1.29 is 30.6 Å². The highest BCUT2D eigenvalue weighted by molar-refractivity contribution is 5.57. The molecule has 0 saturated heterocycles. The molecule has 0 unspecified atom stereocenters. The molecule has 4 atom stereocenters.